The van der Waals surface area contributed by atoms with Crippen LogP contribution in [0.2, 0.25) is 0 Å². The van der Waals surface area contributed by atoms with Crippen molar-refractivity contribution in [3.8, 4) is 0 Å². The molecule has 0 heterocycles. The molecule has 0 aromatic rings. The zero-order valence-electron chi connectivity index (χ0n) is 7.37. The fourth-order valence-corrected chi connectivity index (χ4v) is 1.97. The van der Waals surface area contributed by atoms with Gasteiger partial charge in [0.2, 0.25) is 0 Å². The summed E-state index contributed by atoms with van der Waals surface area (Å²) in [6.07, 6.45) is 9.11. The van der Waals surface area contributed by atoms with E-state index in [1.165, 1.54) is 38.5 Å². The monoisotopic (exact) mass is 318 g/mol. The Labute approximate surface area is 97.7 Å². The average molecular weight is 320 g/mol. The summed E-state index contributed by atoms with van der Waals surface area (Å²) in [5.74, 6) is 0. The van der Waals surface area contributed by atoms with E-state index in [0.29, 0.717) is 0 Å². The quantitative estimate of drug-likeness (QED) is 0.432. The Kier molecular flexibility index (Phi) is 11.4. The molecule has 1 atom stereocenters. The first-order chi connectivity index (χ1) is 5.77. The fraction of sp³-hybridized carbons (Fsp3) is 1.00. The van der Waals surface area contributed by atoms with Gasteiger partial charge in [-0.15, -0.1) is 11.6 Å². The van der Waals surface area contributed by atoms with Crippen LogP contribution in [0.1, 0.15) is 44.9 Å². The third-order valence-electron chi connectivity index (χ3n) is 1.81. The van der Waals surface area contributed by atoms with Crippen LogP contribution in [0, 0.1) is 0 Å². The molecule has 0 aliphatic rings. The number of hydrogen-bond donors (Lipinski definition) is 0. The highest BCUT2D eigenvalue weighted by atomic mass is 79.9. The molecular weight excluding hydrogens is 303 g/mol. The highest BCUT2D eigenvalue weighted by Gasteiger charge is 1.96. The smallest absolute Gasteiger partial charge is 0.0886 e. The standard InChI is InChI=1S/C9H17Br2Cl/c10-8-6-4-2-1-3-5-7-9(11)12/h9H,1-8H2. The molecule has 12 heavy (non-hydrogen) atoms. The van der Waals surface area contributed by atoms with Gasteiger partial charge in [0.15, 0.2) is 0 Å². The molecule has 0 bridgehead atoms. The van der Waals surface area contributed by atoms with Gasteiger partial charge in [-0.3, -0.25) is 0 Å². The summed E-state index contributed by atoms with van der Waals surface area (Å²) in [5.41, 5.74) is 0. The molecule has 1 unspecified atom stereocenters. The van der Waals surface area contributed by atoms with Crippen molar-refractivity contribution in [1.29, 1.82) is 0 Å². The molecule has 0 saturated heterocycles. The van der Waals surface area contributed by atoms with Gasteiger partial charge in [0.1, 0.15) is 0 Å². The lowest BCUT2D eigenvalue weighted by atomic mass is 10.1. The van der Waals surface area contributed by atoms with Crippen LogP contribution in [-0.4, -0.2) is 9.62 Å². The Morgan fingerprint density at radius 3 is 1.92 bits per heavy atom. The van der Waals surface area contributed by atoms with Gasteiger partial charge in [-0.2, -0.15) is 0 Å². The minimum absolute atomic E-state index is 0.181. The van der Waals surface area contributed by atoms with Gasteiger partial charge in [-0.25, -0.2) is 0 Å². The number of hydrogen-bond acceptors (Lipinski definition) is 0. The predicted octanol–water partition coefficient (Wildman–Crippen LogP) is 5.07. The summed E-state index contributed by atoms with van der Waals surface area (Å²) in [7, 11) is 0. The zero-order chi connectivity index (χ0) is 9.23. The van der Waals surface area contributed by atoms with Gasteiger partial charge in [-0.1, -0.05) is 64.0 Å². The maximum atomic E-state index is 5.75. The second kappa shape index (κ2) is 10.3. The molecule has 0 nitrogen and oxygen atoms in total. The van der Waals surface area contributed by atoms with Gasteiger partial charge in [-0.05, 0) is 12.8 Å². The average Bonchev–Trinajstić information content (AvgIpc) is 2.02. The maximum Gasteiger partial charge on any atom is 0.0886 e. The highest BCUT2D eigenvalue weighted by Crippen LogP contribution is 2.15. The van der Waals surface area contributed by atoms with Crippen LogP contribution in [0.3, 0.4) is 0 Å². The summed E-state index contributed by atoms with van der Waals surface area (Å²) in [5, 5.41) is 1.15. The van der Waals surface area contributed by atoms with E-state index in [-0.39, 0.29) is 4.29 Å². The Morgan fingerprint density at radius 2 is 1.42 bits per heavy atom. The molecule has 0 aliphatic heterocycles. The van der Waals surface area contributed by atoms with Crippen molar-refractivity contribution < 1.29 is 0 Å². The first-order valence-electron chi connectivity index (χ1n) is 4.61. The third-order valence-corrected chi connectivity index (χ3v) is 3.04. The number of alkyl halides is 3. The first kappa shape index (κ1) is 13.2. The summed E-state index contributed by atoms with van der Waals surface area (Å²) < 4.78 is 0.181. The van der Waals surface area contributed by atoms with Gasteiger partial charge < -0.3 is 0 Å². The van der Waals surface area contributed by atoms with Crippen molar-refractivity contribution in [3.05, 3.63) is 0 Å². The number of unbranched alkanes of at least 4 members (excludes halogenated alkanes) is 5. The van der Waals surface area contributed by atoms with E-state index in [1.54, 1.807) is 0 Å². The second-order valence-corrected chi connectivity index (χ2v) is 5.94. The molecule has 0 aliphatic carbocycles. The lowest BCUT2D eigenvalue weighted by Crippen LogP contribution is -1.86. The van der Waals surface area contributed by atoms with Crippen LogP contribution in [0.4, 0.5) is 0 Å². The molecule has 74 valence electrons. The van der Waals surface area contributed by atoms with Crippen LogP contribution in [0.15, 0.2) is 0 Å². The normalized spacial score (nSPS) is 13.2. The van der Waals surface area contributed by atoms with Crippen LogP contribution in [0.25, 0.3) is 0 Å². The van der Waals surface area contributed by atoms with E-state index >= 15 is 0 Å². The van der Waals surface area contributed by atoms with E-state index in [4.69, 9.17) is 11.6 Å². The van der Waals surface area contributed by atoms with Crippen LogP contribution in [-0.2, 0) is 0 Å². The van der Waals surface area contributed by atoms with Crippen molar-refractivity contribution in [2.75, 3.05) is 5.33 Å². The van der Waals surface area contributed by atoms with Crippen LogP contribution in [0.5, 0.6) is 0 Å². The Hall–Kier alpha value is 1.25. The highest BCUT2D eigenvalue weighted by molar-refractivity contribution is 9.10. The molecule has 0 radical (unpaired) electrons. The van der Waals surface area contributed by atoms with E-state index in [9.17, 15) is 0 Å². The van der Waals surface area contributed by atoms with E-state index in [2.05, 4.69) is 31.9 Å². The van der Waals surface area contributed by atoms with Crippen LogP contribution >= 0.6 is 43.5 Å². The first-order valence-corrected chi connectivity index (χ1v) is 7.09. The molecule has 0 rings (SSSR count). The summed E-state index contributed by atoms with van der Waals surface area (Å²) in [6, 6.07) is 0. The molecule has 0 amide bonds. The largest absolute Gasteiger partial charge is 0.110 e. The van der Waals surface area contributed by atoms with Crippen molar-refractivity contribution in [2.24, 2.45) is 0 Å². The Bertz CT molecular complexity index is 86.6. The molecule has 3 heteroatoms. The fourth-order valence-electron chi connectivity index (χ4n) is 1.10. The molecule has 0 fully saturated rings. The number of halogens is 3. The third kappa shape index (κ3) is 11.2. The van der Waals surface area contributed by atoms with E-state index in [0.717, 1.165) is 11.8 Å². The lowest BCUT2D eigenvalue weighted by Gasteiger charge is -2.01. The molecular formula is C9H17Br2Cl. The minimum atomic E-state index is 0.181. The van der Waals surface area contributed by atoms with Gasteiger partial charge >= 0.3 is 0 Å². The summed E-state index contributed by atoms with van der Waals surface area (Å²) in [6.45, 7) is 0. The molecule has 0 N–H and O–H groups in total. The maximum absolute atomic E-state index is 5.75. The molecule has 0 aromatic carbocycles. The zero-order valence-corrected chi connectivity index (χ0v) is 11.3. The molecule has 0 aromatic heterocycles. The molecule has 0 saturated carbocycles. The van der Waals surface area contributed by atoms with Crippen molar-refractivity contribution >= 4 is 43.5 Å². The van der Waals surface area contributed by atoms with Crippen molar-refractivity contribution in [1.82, 2.24) is 0 Å². The number of rotatable bonds is 8. The second-order valence-electron chi connectivity index (χ2n) is 2.99. The summed E-state index contributed by atoms with van der Waals surface area (Å²) in [4.78, 5) is 0. The van der Waals surface area contributed by atoms with Crippen LogP contribution < -0.4 is 0 Å². The minimum Gasteiger partial charge on any atom is -0.110 e. The van der Waals surface area contributed by atoms with Gasteiger partial charge in [0.05, 0.1) is 4.29 Å². The van der Waals surface area contributed by atoms with Gasteiger partial charge in [0.25, 0.3) is 0 Å². The predicted molar refractivity (Wildman–Crippen MR) is 64.7 cm³/mol. The molecule has 0 spiro atoms. The Balaban J connectivity index is 2.82. The van der Waals surface area contributed by atoms with Gasteiger partial charge in [0, 0.05) is 5.33 Å². The van der Waals surface area contributed by atoms with Crippen molar-refractivity contribution in [2.45, 2.75) is 49.2 Å². The Morgan fingerprint density at radius 1 is 0.917 bits per heavy atom. The van der Waals surface area contributed by atoms with E-state index < -0.39 is 0 Å². The van der Waals surface area contributed by atoms with E-state index in [1.807, 2.05) is 0 Å². The summed E-state index contributed by atoms with van der Waals surface area (Å²) >= 11 is 12.5. The topological polar surface area (TPSA) is 0 Å². The SMILES string of the molecule is ClC(Br)CCCCCCCCBr. The van der Waals surface area contributed by atoms with Crippen molar-refractivity contribution in [3.63, 3.8) is 0 Å². The lowest BCUT2D eigenvalue weighted by molar-refractivity contribution is 0.602.